The predicted molar refractivity (Wildman–Crippen MR) is 88.7 cm³/mol. The van der Waals surface area contributed by atoms with Crippen molar-refractivity contribution in [1.82, 2.24) is 9.21 Å². The number of nitrogens with zero attached hydrogens (tertiary/aromatic N) is 2. The third kappa shape index (κ3) is 4.53. The highest BCUT2D eigenvalue weighted by Crippen LogP contribution is 2.19. The van der Waals surface area contributed by atoms with Crippen molar-refractivity contribution in [3.05, 3.63) is 35.4 Å². The molecule has 1 aliphatic heterocycles. The number of sulfonamides is 1. The summed E-state index contributed by atoms with van der Waals surface area (Å²) in [4.78, 5) is 14.4. The maximum absolute atomic E-state index is 12.6. The largest absolute Gasteiger partial charge is 0.380 e. The normalized spacial score (nSPS) is 16.8. The topological polar surface area (TPSA) is 66.9 Å². The first-order valence-corrected chi connectivity index (χ1v) is 9.48. The van der Waals surface area contributed by atoms with E-state index in [1.165, 1.54) is 10.6 Å². The van der Waals surface area contributed by atoms with E-state index in [1.54, 1.807) is 25.1 Å². The summed E-state index contributed by atoms with van der Waals surface area (Å²) in [7, 11) is 0.0372. The Morgan fingerprint density at radius 3 is 2.57 bits per heavy atom. The number of amides is 1. The van der Waals surface area contributed by atoms with E-state index in [0.29, 0.717) is 38.1 Å². The fraction of sp³-hybridized carbons (Fsp3) is 0.562. The lowest BCUT2D eigenvalue weighted by molar-refractivity contribution is 0.0686. The zero-order chi connectivity index (χ0) is 17.0. The lowest BCUT2D eigenvalue weighted by atomic mass is 10.0. The molecular weight excluding hydrogens is 316 g/mol. The number of hydrogen-bond donors (Lipinski definition) is 0. The van der Waals surface area contributed by atoms with Crippen LogP contribution in [-0.4, -0.2) is 63.1 Å². The van der Waals surface area contributed by atoms with Crippen LogP contribution in [0.1, 0.15) is 28.8 Å². The Morgan fingerprint density at radius 2 is 2.00 bits per heavy atom. The SMILES string of the molecule is COCc1cccc(C(=O)N2CCC(N(C)S(C)(=O)=O)CC2)c1. The Bertz CT molecular complexity index is 652. The molecule has 1 heterocycles. The van der Waals surface area contributed by atoms with Crippen molar-refractivity contribution in [3.8, 4) is 0 Å². The summed E-state index contributed by atoms with van der Waals surface area (Å²) in [5.74, 6) is -0.0107. The van der Waals surface area contributed by atoms with Crippen molar-refractivity contribution in [3.63, 3.8) is 0 Å². The van der Waals surface area contributed by atoms with Gasteiger partial charge in [-0.1, -0.05) is 12.1 Å². The number of carbonyl (C=O) groups is 1. The zero-order valence-corrected chi connectivity index (χ0v) is 14.7. The molecule has 1 amide bonds. The molecule has 0 radical (unpaired) electrons. The summed E-state index contributed by atoms with van der Waals surface area (Å²) < 4.78 is 29.7. The van der Waals surface area contributed by atoms with Crippen molar-refractivity contribution < 1.29 is 17.9 Å². The average Bonchev–Trinajstić information content (AvgIpc) is 2.53. The van der Waals surface area contributed by atoms with Crippen LogP contribution in [0.15, 0.2) is 24.3 Å². The number of likely N-dealkylation sites (tertiary alicyclic amines) is 1. The highest BCUT2D eigenvalue weighted by molar-refractivity contribution is 7.88. The molecule has 1 aliphatic rings. The second-order valence-corrected chi connectivity index (χ2v) is 7.98. The Morgan fingerprint density at radius 1 is 1.35 bits per heavy atom. The Hall–Kier alpha value is -1.44. The lowest BCUT2D eigenvalue weighted by Gasteiger charge is -2.35. The van der Waals surface area contributed by atoms with E-state index in [-0.39, 0.29) is 11.9 Å². The second-order valence-electron chi connectivity index (χ2n) is 5.94. The van der Waals surface area contributed by atoms with Crippen LogP contribution in [0.5, 0.6) is 0 Å². The summed E-state index contributed by atoms with van der Waals surface area (Å²) in [5.41, 5.74) is 1.61. The van der Waals surface area contributed by atoms with Crippen LogP contribution < -0.4 is 0 Å². The van der Waals surface area contributed by atoms with Gasteiger partial charge in [-0.25, -0.2) is 12.7 Å². The molecule has 1 aromatic carbocycles. The molecule has 0 spiro atoms. The van der Waals surface area contributed by atoms with E-state index in [4.69, 9.17) is 4.74 Å². The molecule has 0 N–H and O–H groups in total. The second kappa shape index (κ2) is 7.42. The maximum atomic E-state index is 12.6. The minimum atomic E-state index is -3.19. The lowest BCUT2D eigenvalue weighted by Crippen LogP contribution is -2.47. The molecule has 2 rings (SSSR count). The van der Waals surface area contributed by atoms with Gasteiger partial charge in [-0.05, 0) is 30.5 Å². The van der Waals surface area contributed by atoms with E-state index < -0.39 is 10.0 Å². The third-order valence-electron chi connectivity index (χ3n) is 4.27. The van der Waals surface area contributed by atoms with Crippen LogP contribution in [0.2, 0.25) is 0 Å². The van der Waals surface area contributed by atoms with Crippen LogP contribution in [0.25, 0.3) is 0 Å². The average molecular weight is 340 g/mol. The maximum Gasteiger partial charge on any atom is 0.253 e. The van der Waals surface area contributed by atoms with E-state index in [2.05, 4.69) is 0 Å². The van der Waals surface area contributed by atoms with Gasteiger partial charge in [0.15, 0.2) is 0 Å². The molecule has 7 heteroatoms. The predicted octanol–water partition coefficient (Wildman–Crippen LogP) is 1.33. The van der Waals surface area contributed by atoms with E-state index in [9.17, 15) is 13.2 Å². The van der Waals surface area contributed by atoms with Gasteiger partial charge in [0.2, 0.25) is 10.0 Å². The quantitative estimate of drug-likeness (QED) is 0.811. The van der Waals surface area contributed by atoms with Crippen LogP contribution in [0.3, 0.4) is 0 Å². The summed E-state index contributed by atoms with van der Waals surface area (Å²) in [5, 5.41) is 0. The molecule has 0 aromatic heterocycles. The molecule has 0 aliphatic carbocycles. The van der Waals surface area contributed by atoms with Crippen molar-refractivity contribution in [2.24, 2.45) is 0 Å². The van der Waals surface area contributed by atoms with Crippen molar-refractivity contribution in [2.45, 2.75) is 25.5 Å². The molecule has 1 saturated heterocycles. The van der Waals surface area contributed by atoms with Crippen LogP contribution >= 0.6 is 0 Å². The van der Waals surface area contributed by atoms with Gasteiger partial charge in [-0.3, -0.25) is 4.79 Å². The molecule has 0 saturated carbocycles. The molecule has 1 fully saturated rings. The molecule has 0 unspecified atom stereocenters. The smallest absolute Gasteiger partial charge is 0.253 e. The fourth-order valence-electron chi connectivity index (χ4n) is 2.85. The number of hydrogen-bond acceptors (Lipinski definition) is 4. The van der Waals surface area contributed by atoms with Gasteiger partial charge < -0.3 is 9.64 Å². The number of methoxy groups -OCH3 is 1. The van der Waals surface area contributed by atoms with Crippen LogP contribution in [0, 0.1) is 0 Å². The van der Waals surface area contributed by atoms with Gasteiger partial charge in [-0.2, -0.15) is 0 Å². The Labute approximate surface area is 138 Å². The number of rotatable bonds is 5. The zero-order valence-electron chi connectivity index (χ0n) is 13.9. The van der Waals surface area contributed by atoms with Gasteiger partial charge in [0, 0.05) is 38.9 Å². The monoisotopic (exact) mass is 340 g/mol. The molecule has 23 heavy (non-hydrogen) atoms. The van der Waals surface area contributed by atoms with Gasteiger partial charge in [-0.15, -0.1) is 0 Å². The number of ether oxygens (including phenoxy) is 1. The van der Waals surface area contributed by atoms with Crippen LogP contribution in [-0.2, 0) is 21.4 Å². The fourth-order valence-corrected chi connectivity index (χ4v) is 3.60. The first kappa shape index (κ1) is 17.9. The van der Waals surface area contributed by atoms with Crippen LogP contribution in [0.4, 0.5) is 0 Å². The Kier molecular flexibility index (Phi) is 5.78. The minimum Gasteiger partial charge on any atom is -0.380 e. The highest BCUT2D eigenvalue weighted by Gasteiger charge is 2.29. The van der Waals surface area contributed by atoms with E-state index in [0.717, 1.165) is 5.56 Å². The summed E-state index contributed by atoms with van der Waals surface area (Å²) in [6.07, 6.45) is 2.53. The molecular formula is C16H24N2O4S. The van der Waals surface area contributed by atoms with Gasteiger partial charge in [0.25, 0.3) is 5.91 Å². The van der Waals surface area contributed by atoms with Crippen molar-refractivity contribution in [1.29, 1.82) is 0 Å². The molecule has 128 valence electrons. The van der Waals surface area contributed by atoms with E-state index in [1.807, 2.05) is 18.2 Å². The number of carbonyl (C=O) groups excluding carboxylic acids is 1. The van der Waals surface area contributed by atoms with Gasteiger partial charge in [0.05, 0.1) is 12.9 Å². The van der Waals surface area contributed by atoms with Gasteiger partial charge >= 0.3 is 0 Å². The minimum absolute atomic E-state index is 0.0107. The molecule has 0 bridgehead atoms. The molecule has 6 nitrogen and oxygen atoms in total. The summed E-state index contributed by atoms with van der Waals surface area (Å²) >= 11 is 0. The van der Waals surface area contributed by atoms with Crippen molar-refractivity contribution in [2.75, 3.05) is 33.5 Å². The van der Waals surface area contributed by atoms with Crippen molar-refractivity contribution >= 4 is 15.9 Å². The van der Waals surface area contributed by atoms with E-state index >= 15 is 0 Å². The Balaban J connectivity index is 2.00. The summed E-state index contributed by atoms with van der Waals surface area (Å²) in [6, 6.07) is 7.39. The van der Waals surface area contributed by atoms with Gasteiger partial charge in [0.1, 0.15) is 0 Å². The number of piperidine rings is 1. The third-order valence-corrected chi connectivity index (χ3v) is 5.62. The first-order chi connectivity index (χ1) is 10.8. The standard InChI is InChI=1S/C16H24N2O4S/c1-17(23(3,20)21)15-7-9-18(10-8-15)16(19)14-6-4-5-13(11-14)12-22-2/h4-6,11,15H,7-10,12H2,1-3H3. The molecule has 0 atom stereocenters. The number of benzene rings is 1. The summed E-state index contributed by atoms with van der Waals surface area (Å²) in [6.45, 7) is 1.61. The highest BCUT2D eigenvalue weighted by atomic mass is 32.2. The molecule has 1 aromatic rings. The first-order valence-electron chi connectivity index (χ1n) is 7.63.